The maximum atomic E-state index is 11.0. The van der Waals surface area contributed by atoms with Gasteiger partial charge in [0.1, 0.15) is 18.5 Å². The maximum absolute atomic E-state index is 11.0. The van der Waals surface area contributed by atoms with Crippen LogP contribution in [0.2, 0.25) is 0 Å². The van der Waals surface area contributed by atoms with E-state index in [1.165, 1.54) is 27.8 Å². The largest absolute Gasteiger partial charge is 0.490 e. The van der Waals surface area contributed by atoms with Crippen LogP contribution in [0.15, 0.2) is 133 Å². The summed E-state index contributed by atoms with van der Waals surface area (Å²) in [6.07, 6.45) is 0.203. The number of rotatable bonds is 15. The molecule has 5 unspecified atom stereocenters. The summed E-state index contributed by atoms with van der Waals surface area (Å²) in [4.78, 5) is 0. The molecule has 0 radical (unpaired) electrons. The van der Waals surface area contributed by atoms with Crippen molar-refractivity contribution in [2.24, 2.45) is 5.92 Å². The van der Waals surface area contributed by atoms with E-state index in [0.717, 1.165) is 23.3 Å². The quantitative estimate of drug-likeness (QED) is 0.128. The lowest BCUT2D eigenvalue weighted by Crippen LogP contribution is -2.26. The van der Waals surface area contributed by atoms with Gasteiger partial charge < -0.3 is 14.6 Å². The summed E-state index contributed by atoms with van der Waals surface area (Å²) < 4.78 is 12.7. The van der Waals surface area contributed by atoms with Gasteiger partial charge in [0.05, 0.1) is 6.61 Å². The van der Waals surface area contributed by atoms with Crippen molar-refractivity contribution in [3.05, 3.63) is 172 Å². The first-order valence-electron chi connectivity index (χ1n) is 16.7. The van der Waals surface area contributed by atoms with E-state index >= 15 is 0 Å². The monoisotopic (exact) mass is 612 g/mol. The van der Waals surface area contributed by atoms with Crippen LogP contribution in [0.5, 0.6) is 5.75 Å². The van der Waals surface area contributed by atoms with Gasteiger partial charge in [0.25, 0.3) is 0 Å². The molecule has 3 heteroatoms. The molecule has 3 nitrogen and oxygen atoms in total. The molecule has 0 aromatic heterocycles. The summed E-state index contributed by atoms with van der Waals surface area (Å²) >= 11 is 0. The number of aliphatic hydroxyl groups is 1. The molecule has 0 saturated carbocycles. The molecule has 1 N–H and O–H groups in total. The molecule has 46 heavy (non-hydrogen) atoms. The van der Waals surface area contributed by atoms with Gasteiger partial charge >= 0.3 is 0 Å². The zero-order valence-corrected chi connectivity index (χ0v) is 27.7. The number of hydrogen-bond acceptors (Lipinski definition) is 3. The predicted molar refractivity (Wildman–Crippen MR) is 190 cm³/mol. The molecule has 0 aliphatic rings. The van der Waals surface area contributed by atoms with Gasteiger partial charge in [-0.05, 0) is 40.2 Å². The van der Waals surface area contributed by atoms with E-state index in [-0.39, 0.29) is 31.0 Å². The normalized spacial score (nSPS) is 14.6. The van der Waals surface area contributed by atoms with Crippen molar-refractivity contribution in [2.75, 3.05) is 19.8 Å². The number of benzene rings is 5. The Morgan fingerprint density at radius 1 is 0.500 bits per heavy atom. The fourth-order valence-corrected chi connectivity index (χ4v) is 6.24. The van der Waals surface area contributed by atoms with E-state index < -0.39 is 6.10 Å². The minimum Gasteiger partial charge on any atom is -0.490 e. The van der Waals surface area contributed by atoms with E-state index in [9.17, 15) is 5.11 Å². The molecule has 0 amide bonds. The van der Waals surface area contributed by atoms with Crippen LogP contribution >= 0.6 is 0 Å². The highest BCUT2D eigenvalue weighted by molar-refractivity contribution is 5.54. The van der Waals surface area contributed by atoms with E-state index in [0.29, 0.717) is 12.5 Å². The summed E-state index contributed by atoms with van der Waals surface area (Å²) in [6, 6.07) is 47.0. The molecule has 5 aromatic rings. The minimum absolute atomic E-state index is 0.0908. The molecule has 238 valence electrons. The van der Waals surface area contributed by atoms with Crippen molar-refractivity contribution in [1.82, 2.24) is 0 Å². The molecule has 5 aromatic carbocycles. The van der Waals surface area contributed by atoms with Crippen LogP contribution in [0.25, 0.3) is 0 Å². The van der Waals surface area contributed by atoms with Gasteiger partial charge in [-0.1, -0.05) is 161 Å². The summed E-state index contributed by atoms with van der Waals surface area (Å²) in [7, 11) is 0. The third-order valence-corrected chi connectivity index (χ3v) is 9.06. The summed E-state index contributed by atoms with van der Waals surface area (Å²) in [6.45, 7) is 9.93. The van der Waals surface area contributed by atoms with Gasteiger partial charge in [-0.25, -0.2) is 0 Å². The van der Waals surface area contributed by atoms with Crippen molar-refractivity contribution in [1.29, 1.82) is 0 Å². The Kier molecular flexibility index (Phi) is 11.8. The molecule has 0 heterocycles. The molecule has 0 aliphatic heterocycles. The second-order valence-electron chi connectivity index (χ2n) is 12.7. The van der Waals surface area contributed by atoms with Crippen LogP contribution in [0, 0.1) is 5.92 Å². The molecule has 5 rings (SSSR count). The Morgan fingerprint density at radius 2 is 0.935 bits per heavy atom. The van der Waals surface area contributed by atoms with Crippen LogP contribution in [-0.4, -0.2) is 31.0 Å². The average molecular weight is 613 g/mol. The van der Waals surface area contributed by atoms with E-state index in [1.807, 2.05) is 6.07 Å². The Balaban J connectivity index is 1.43. The van der Waals surface area contributed by atoms with Crippen LogP contribution in [0.1, 0.15) is 84.4 Å². The second kappa shape index (κ2) is 16.4. The number of aliphatic hydroxyl groups excluding tert-OH is 1. The molecule has 0 aliphatic carbocycles. The molecular formula is C43H48O3. The van der Waals surface area contributed by atoms with Crippen molar-refractivity contribution in [2.45, 2.75) is 58.0 Å². The molecule has 0 spiro atoms. The Morgan fingerprint density at radius 3 is 1.41 bits per heavy atom. The van der Waals surface area contributed by atoms with Crippen molar-refractivity contribution in [3.63, 3.8) is 0 Å². The smallest absolute Gasteiger partial charge is 0.127 e. The topological polar surface area (TPSA) is 38.7 Å². The lowest BCUT2D eigenvalue weighted by molar-refractivity contribution is 0.00194. The molecule has 5 atom stereocenters. The molecule has 0 saturated heterocycles. The van der Waals surface area contributed by atoms with Crippen LogP contribution in [0.4, 0.5) is 0 Å². The first-order chi connectivity index (χ1) is 22.4. The third kappa shape index (κ3) is 8.75. The first-order valence-corrected chi connectivity index (χ1v) is 16.7. The van der Waals surface area contributed by atoms with Gasteiger partial charge in [0.2, 0.25) is 0 Å². The zero-order valence-electron chi connectivity index (χ0n) is 27.7. The highest BCUT2D eigenvalue weighted by atomic mass is 16.5. The van der Waals surface area contributed by atoms with Gasteiger partial charge in [-0.2, -0.15) is 0 Å². The molecular weight excluding hydrogens is 564 g/mol. The summed E-state index contributed by atoms with van der Waals surface area (Å²) in [5.74, 6) is 1.59. The summed E-state index contributed by atoms with van der Waals surface area (Å²) in [5.41, 5.74) is 8.56. The van der Waals surface area contributed by atoms with Crippen LogP contribution in [-0.2, 0) is 11.2 Å². The van der Waals surface area contributed by atoms with Crippen molar-refractivity contribution >= 4 is 0 Å². The van der Waals surface area contributed by atoms with Crippen molar-refractivity contribution < 1.29 is 14.6 Å². The first kappa shape index (κ1) is 33.2. The third-order valence-electron chi connectivity index (χ3n) is 9.06. The van der Waals surface area contributed by atoms with Crippen LogP contribution in [0.3, 0.4) is 0 Å². The van der Waals surface area contributed by atoms with Gasteiger partial charge in [0.15, 0.2) is 0 Å². The Hall–Kier alpha value is -4.18. The fourth-order valence-electron chi connectivity index (χ4n) is 6.24. The summed E-state index contributed by atoms with van der Waals surface area (Å²) in [5, 5.41) is 11.0. The minimum atomic E-state index is -0.744. The van der Waals surface area contributed by atoms with E-state index in [1.54, 1.807) is 0 Å². The van der Waals surface area contributed by atoms with Gasteiger partial charge in [-0.15, -0.1) is 0 Å². The molecule has 0 bridgehead atoms. The Labute approximate surface area is 275 Å². The zero-order chi connectivity index (χ0) is 32.3. The highest BCUT2D eigenvalue weighted by Crippen LogP contribution is 2.42. The van der Waals surface area contributed by atoms with E-state index in [2.05, 4.69) is 155 Å². The SMILES string of the molecule is CC(COCC(O)COc1c(C(C)c2ccccc2)cc(C(C)c2ccccc2)cc1C(C)c1ccccc1)Cc1ccccc1. The lowest BCUT2D eigenvalue weighted by atomic mass is 9.81. The van der Waals surface area contributed by atoms with Crippen LogP contribution < -0.4 is 4.74 Å². The number of ether oxygens (including phenoxy) is 2. The standard InChI is InChI=1S/C43H48O3/c1-31(25-35-17-9-5-10-18-35)28-45-29-40(44)30-46-43-41(33(3)37-21-13-7-14-22-37)26-39(32(2)36-19-11-6-12-20-36)27-42(43)34(4)38-23-15-8-16-24-38/h5-24,26-27,31-34,40,44H,25,28-30H2,1-4H3. The van der Waals surface area contributed by atoms with Gasteiger partial charge in [0, 0.05) is 35.5 Å². The highest BCUT2D eigenvalue weighted by Gasteiger charge is 2.25. The average Bonchev–Trinajstić information content (AvgIpc) is 3.11. The fraction of sp³-hybridized carbons (Fsp3) is 0.302. The van der Waals surface area contributed by atoms with Gasteiger partial charge in [-0.3, -0.25) is 0 Å². The second-order valence-corrected chi connectivity index (χ2v) is 12.7. The van der Waals surface area contributed by atoms with Crippen molar-refractivity contribution in [3.8, 4) is 5.75 Å². The molecule has 0 fully saturated rings. The predicted octanol–water partition coefficient (Wildman–Crippen LogP) is 9.78. The lowest BCUT2D eigenvalue weighted by Gasteiger charge is -2.27. The maximum Gasteiger partial charge on any atom is 0.127 e. The number of hydrogen-bond donors (Lipinski definition) is 1. The van der Waals surface area contributed by atoms with E-state index in [4.69, 9.17) is 9.47 Å². The Bertz CT molecular complexity index is 1540.